The Morgan fingerprint density at radius 3 is 2.18 bits per heavy atom. The van der Waals surface area contributed by atoms with Gasteiger partial charge in [-0.2, -0.15) is 0 Å². The number of furan rings is 1. The number of carbonyl (C=O) groups is 1. The van der Waals surface area contributed by atoms with Crippen LogP contribution < -0.4 is 0 Å². The van der Waals surface area contributed by atoms with E-state index in [-0.39, 0.29) is 43.5 Å². The minimum absolute atomic E-state index is 0. The number of benzene rings is 4. The Labute approximate surface area is 313 Å². The van der Waals surface area contributed by atoms with Gasteiger partial charge in [-0.05, 0) is 71.7 Å². The van der Waals surface area contributed by atoms with Gasteiger partial charge in [0.25, 0.3) is 0 Å². The molecule has 3 aromatic heterocycles. The van der Waals surface area contributed by atoms with Crippen LogP contribution in [0.25, 0.3) is 66.2 Å². The first-order valence-electron chi connectivity index (χ1n) is 17.6. The smallest absolute Gasteiger partial charge is 0.162 e. The molecule has 1 radical (unpaired) electrons. The fraction of sp³-hybridized carbons (Fsp3) is 0.222. The van der Waals surface area contributed by atoms with E-state index < -0.39 is 0 Å². The van der Waals surface area contributed by atoms with Gasteiger partial charge in [-0.15, -0.1) is 18.2 Å². The van der Waals surface area contributed by atoms with Crippen molar-refractivity contribution < 1.29 is 34.4 Å². The Bertz CT molecular complexity index is 2250. The minimum Gasteiger partial charge on any atom is -0.512 e. The van der Waals surface area contributed by atoms with Crippen LogP contribution in [0.15, 0.2) is 132 Å². The van der Waals surface area contributed by atoms with Crippen molar-refractivity contribution in [3.05, 3.63) is 134 Å². The topological polar surface area (TPSA) is 76.2 Å². The van der Waals surface area contributed by atoms with Gasteiger partial charge in [0.1, 0.15) is 5.58 Å². The molecule has 51 heavy (non-hydrogen) atoms. The molecule has 5 nitrogen and oxygen atoms in total. The first-order valence-corrected chi connectivity index (χ1v) is 17.6. The molecule has 0 atom stereocenters. The van der Waals surface area contributed by atoms with Gasteiger partial charge in [0.05, 0.1) is 11.3 Å². The van der Waals surface area contributed by atoms with E-state index in [0.717, 1.165) is 91.9 Å². The first kappa shape index (κ1) is 37.4. The van der Waals surface area contributed by atoms with E-state index in [1.165, 1.54) is 6.08 Å². The number of ketones is 1. The molecule has 7 rings (SSSR count). The van der Waals surface area contributed by atoms with Crippen molar-refractivity contribution >= 4 is 38.5 Å². The molecule has 0 saturated heterocycles. The van der Waals surface area contributed by atoms with Crippen LogP contribution in [0, 0.1) is 17.9 Å². The molecule has 261 valence electrons. The molecular weight excluding hydrogens is 809 g/mol. The molecular formula is C45H43IrN2O3-. The zero-order valence-electron chi connectivity index (χ0n) is 29.5. The van der Waals surface area contributed by atoms with E-state index in [2.05, 4.69) is 76.7 Å². The Hall–Kier alpha value is -4.90. The van der Waals surface area contributed by atoms with Crippen molar-refractivity contribution in [2.24, 2.45) is 11.8 Å². The van der Waals surface area contributed by atoms with Crippen molar-refractivity contribution in [1.82, 2.24) is 9.97 Å². The number of nitrogens with zero attached hydrogens (tertiary/aromatic N) is 2. The average molecular weight is 852 g/mol. The molecule has 1 N–H and O–H groups in total. The second-order valence-electron chi connectivity index (χ2n) is 12.5. The average Bonchev–Trinajstić information content (AvgIpc) is 3.56. The Kier molecular flexibility index (Phi) is 12.7. The molecule has 7 aromatic rings. The summed E-state index contributed by atoms with van der Waals surface area (Å²) < 4.78 is 6.74. The van der Waals surface area contributed by atoms with Gasteiger partial charge >= 0.3 is 0 Å². The summed E-state index contributed by atoms with van der Waals surface area (Å²) in [6.07, 6.45) is 10.5. The van der Waals surface area contributed by atoms with Crippen molar-refractivity contribution in [3.63, 3.8) is 0 Å². The summed E-state index contributed by atoms with van der Waals surface area (Å²) in [6, 6.07) is 36.5. The molecule has 0 bridgehead atoms. The van der Waals surface area contributed by atoms with Gasteiger partial charge in [0.15, 0.2) is 5.78 Å². The number of aliphatic hydroxyl groups excluding tert-OH is 1. The van der Waals surface area contributed by atoms with Gasteiger partial charge in [0.2, 0.25) is 0 Å². The van der Waals surface area contributed by atoms with Gasteiger partial charge in [0, 0.05) is 72.9 Å². The Morgan fingerprint density at radius 2 is 1.47 bits per heavy atom. The third kappa shape index (κ3) is 7.88. The summed E-state index contributed by atoms with van der Waals surface area (Å²) in [6.45, 7) is 8.07. The maximum absolute atomic E-state index is 11.7. The summed E-state index contributed by atoms with van der Waals surface area (Å²) in [5.74, 6) is 0.547. The molecule has 0 fully saturated rings. The van der Waals surface area contributed by atoms with Crippen LogP contribution in [0.4, 0.5) is 0 Å². The SMILES string of the molecule is CCC(CC)C(=O)/C=C(\O)C(CC)CC.[Ir].[c-]1ccc2c(oc3c(-c4cccc5ccncc45)ccc(-c4ccccc4)c32)c1-c1ccccn1. The number of hydrogen-bond acceptors (Lipinski definition) is 5. The van der Waals surface area contributed by atoms with Gasteiger partial charge in [-0.25, -0.2) is 0 Å². The molecule has 0 saturated carbocycles. The third-order valence-electron chi connectivity index (χ3n) is 9.64. The van der Waals surface area contributed by atoms with Crippen molar-refractivity contribution in [2.75, 3.05) is 0 Å². The number of allylic oxidation sites excluding steroid dienone is 2. The van der Waals surface area contributed by atoms with Crippen LogP contribution in [-0.4, -0.2) is 20.9 Å². The number of fused-ring (bicyclic) bond motifs is 4. The Balaban J connectivity index is 0.000000271. The van der Waals surface area contributed by atoms with Crippen LogP contribution in [0.1, 0.15) is 53.4 Å². The van der Waals surface area contributed by atoms with E-state index in [0.29, 0.717) is 0 Å². The molecule has 0 unspecified atom stereocenters. The van der Waals surface area contributed by atoms with Gasteiger partial charge < -0.3 is 14.5 Å². The first-order chi connectivity index (χ1) is 24.5. The predicted molar refractivity (Wildman–Crippen MR) is 206 cm³/mol. The van der Waals surface area contributed by atoms with Gasteiger partial charge in [-0.3, -0.25) is 9.78 Å². The number of aromatic nitrogens is 2. The largest absolute Gasteiger partial charge is 0.512 e. The molecule has 0 aliphatic carbocycles. The predicted octanol–water partition coefficient (Wildman–Crippen LogP) is 12.2. The van der Waals surface area contributed by atoms with E-state index >= 15 is 0 Å². The second-order valence-corrected chi connectivity index (χ2v) is 12.5. The van der Waals surface area contributed by atoms with E-state index in [4.69, 9.17) is 4.42 Å². The van der Waals surface area contributed by atoms with Crippen LogP contribution in [0.2, 0.25) is 0 Å². The quantitative estimate of drug-likeness (QED) is 0.0843. The van der Waals surface area contributed by atoms with E-state index in [1.807, 2.05) is 76.5 Å². The van der Waals surface area contributed by atoms with Crippen molar-refractivity contribution in [1.29, 1.82) is 0 Å². The zero-order chi connectivity index (χ0) is 35.0. The third-order valence-corrected chi connectivity index (χ3v) is 9.64. The van der Waals surface area contributed by atoms with Crippen molar-refractivity contribution in [3.8, 4) is 33.5 Å². The molecule has 3 heterocycles. The summed E-state index contributed by atoms with van der Waals surface area (Å²) in [7, 11) is 0. The van der Waals surface area contributed by atoms with Gasteiger partial charge in [-0.1, -0.05) is 105 Å². The van der Waals surface area contributed by atoms with E-state index in [1.54, 1.807) is 6.20 Å². The molecule has 0 amide bonds. The standard InChI is InChI=1S/C32H19N2O.C13H24O2.Ir/c1-2-8-21(9-3-1)23-15-16-25(24-11-6-10-22-17-19-33-20-28(22)24)32-30(23)27-13-7-12-26(31(27)35-32)29-14-4-5-18-34-29;1-5-10(6-2)12(14)9-13(15)11(7-3)8-4;/h1-11,13-20H;9-11,14H,5-8H2,1-4H3;/q-1;;/b;12-9-;. The minimum atomic E-state index is 0. The summed E-state index contributed by atoms with van der Waals surface area (Å²) in [4.78, 5) is 20.7. The van der Waals surface area contributed by atoms with Crippen LogP contribution in [-0.2, 0) is 24.9 Å². The molecule has 0 aliphatic heterocycles. The van der Waals surface area contributed by atoms with Crippen LogP contribution in [0.5, 0.6) is 0 Å². The monoisotopic (exact) mass is 852 g/mol. The maximum Gasteiger partial charge on any atom is 0.162 e. The van der Waals surface area contributed by atoms with Crippen LogP contribution >= 0.6 is 0 Å². The second kappa shape index (κ2) is 17.4. The normalized spacial score (nSPS) is 11.5. The number of rotatable bonds is 10. The van der Waals surface area contributed by atoms with Crippen molar-refractivity contribution in [2.45, 2.75) is 53.4 Å². The number of aliphatic hydroxyl groups is 1. The Morgan fingerprint density at radius 1 is 0.745 bits per heavy atom. The molecule has 0 aliphatic rings. The number of carbonyl (C=O) groups excluding carboxylic acids is 1. The number of pyridine rings is 2. The fourth-order valence-corrected chi connectivity index (χ4v) is 6.74. The van der Waals surface area contributed by atoms with E-state index in [9.17, 15) is 9.90 Å². The number of hydrogen-bond donors (Lipinski definition) is 1. The zero-order valence-corrected chi connectivity index (χ0v) is 31.9. The molecule has 4 aromatic carbocycles. The molecule has 6 heteroatoms. The molecule has 0 spiro atoms. The maximum atomic E-state index is 11.7. The van der Waals surface area contributed by atoms with Crippen LogP contribution in [0.3, 0.4) is 0 Å². The summed E-state index contributed by atoms with van der Waals surface area (Å²) >= 11 is 0. The fourth-order valence-electron chi connectivity index (χ4n) is 6.74. The summed E-state index contributed by atoms with van der Waals surface area (Å²) in [5, 5.41) is 14.2. The summed E-state index contributed by atoms with van der Waals surface area (Å²) in [5.41, 5.74) is 7.79.